The van der Waals surface area contributed by atoms with Crippen molar-refractivity contribution in [3.8, 4) is 0 Å². The van der Waals surface area contributed by atoms with Gasteiger partial charge in [0.15, 0.2) is 0 Å². The summed E-state index contributed by atoms with van der Waals surface area (Å²) in [5.41, 5.74) is 0.715. The van der Waals surface area contributed by atoms with Crippen LogP contribution in [0.1, 0.15) is 36.5 Å². The summed E-state index contributed by atoms with van der Waals surface area (Å²) in [5.74, 6) is 0.0695. The minimum absolute atomic E-state index is 0.0228. The molecule has 1 aromatic rings. The van der Waals surface area contributed by atoms with Crippen LogP contribution in [-0.4, -0.2) is 40.6 Å². The SMILES string of the molecule is CCC1(CO)CCN(C(=O)c2ccncc2)CC1. The van der Waals surface area contributed by atoms with Gasteiger partial charge in [-0.15, -0.1) is 0 Å². The highest BCUT2D eigenvalue weighted by atomic mass is 16.3. The van der Waals surface area contributed by atoms with Gasteiger partial charge in [-0.1, -0.05) is 6.92 Å². The van der Waals surface area contributed by atoms with Crippen molar-refractivity contribution in [3.05, 3.63) is 30.1 Å². The number of amides is 1. The van der Waals surface area contributed by atoms with E-state index < -0.39 is 0 Å². The maximum atomic E-state index is 12.2. The standard InChI is InChI=1S/C14H20N2O2/c1-2-14(11-17)5-9-16(10-6-14)13(18)12-3-7-15-8-4-12/h3-4,7-8,17H,2,5-6,9-11H2,1H3. The summed E-state index contributed by atoms with van der Waals surface area (Å²) in [5, 5.41) is 9.47. The first-order valence-corrected chi connectivity index (χ1v) is 6.51. The van der Waals surface area contributed by atoms with Crippen molar-refractivity contribution in [2.45, 2.75) is 26.2 Å². The van der Waals surface area contributed by atoms with Crippen LogP contribution in [0.5, 0.6) is 0 Å². The van der Waals surface area contributed by atoms with Crippen LogP contribution in [-0.2, 0) is 0 Å². The van der Waals surface area contributed by atoms with Crippen LogP contribution in [0.2, 0.25) is 0 Å². The van der Waals surface area contributed by atoms with Gasteiger partial charge in [-0.3, -0.25) is 9.78 Å². The van der Waals surface area contributed by atoms with Gasteiger partial charge < -0.3 is 10.0 Å². The summed E-state index contributed by atoms with van der Waals surface area (Å²) >= 11 is 0. The first-order valence-electron chi connectivity index (χ1n) is 6.51. The zero-order chi connectivity index (χ0) is 13.0. The number of likely N-dealkylation sites (tertiary alicyclic amines) is 1. The van der Waals surface area contributed by atoms with Crippen LogP contribution >= 0.6 is 0 Å². The normalized spacial score (nSPS) is 18.7. The molecule has 0 atom stereocenters. The lowest BCUT2D eigenvalue weighted by Gasteiger charge is -2.40. The van der Waals surface area contributed by atoms with E-state index in [0.29, 0.717) is 5.56 Å². The fourth-order valence-electron chi connectivity index (χ4n) is 2.48. The first kappa shape index (κ1) is 13.0. The molecule has 0 unspecified atom stereocenters. The number of carbonyl (C=O) groups is 1. The van der Waals surface area contributed by atoms with Gasteiger partial charge in [-0.2, -0.15) is 0 Å². The maximum absolute atomic E-state index is 12.2. The van der Waals surface area contributed by atoms with E-state index in [9.17, 15) is 9.90 Å². The van der Waals surface area contributed by atoms with Crippen molar-refractivity contribution < 1.29 is 9.90 Å². The Hall–Kier alpha value is -1.42. The van der Waals surface area contributed by atoms with E-state index in [4.69, 9.17) is 0 Å². The van der Waals surface area contributed by atoms with E-state index in [0.717, 1.165) is 32.4 Å². The molecule has 4 heteroatoms. The second-order valence-electron chi connectivity index (χ2n) is 5.04. The quantitative estimate of drug-likeness (QED) is 0.886. The molecule has 18 heavy (non-hydrogen) atoms. The molecule has 0 spiro atoms. The van der Waals surface area contributed by atoms with E-state index in [2.05, 4.69) is 11.9 Å². The Bertz CT molecular complexity index is 392. The molecule has 1 saturated heterocycles. The highest BCUT2D eigenvalue weighted by molar-refractivity contribution is 5.94. The van der Waals surface area contributed by atoms with E-state index in [-0.39, 0.29) is 17.9 Å². The average Bonchev–Trinajstić information content (AvgIpc) is 2.47. The summed E-state index contributed by atoms with van der Waals surface area (Å²) in [6, 6.07) is 3.49. The first-order chi connectivity index (χ1) is 8.71. The lowest BCUT2D eigenvalue weighted by atomic mass is 9.77. The number of carbonyl (C=O) groups excluding carboxylic acids is 1. The predicted molar refractivity (Wildman–Crippen MR) is 69.2 cm³/mol. The maximum Gasteiger partial charge on any atom is 0.253 e. The number of nitrogens with zero attached hydrogens (tertiary/aromatic N) is 2. The second-order valence-corrected chi connectivity index (χ2v) is 5.04. The van der Waals surface area contributed by atoms with Crippen molar-refractivity contribution in [2.24, 2.45) is 5.41 Å². The zero-order valence-electron chi connectivity index (χ0n) is 10.8. The molecule has 1 fully saturated rings. The summed E-state index contributed by atoms with van der Waals surface area (Å²) in [6.45, 7) is 3.79. The Morgan fingerprint density at radius 3 is 2.50 bits per heavy atom. The van der Waals surface area contributed by atoms with Gasteiger partial charge in [-0.05, 0) is 36.8 Å². The molecule has 1 aromatic heterocycles. The smallest absolute Gasteiger partial charge is 0.253 e. The number of aliphatic hydroxyl groups excluding tert-OH is 1. The Labute approximate surface area is 108 Å². The molecule has 1 aliphatic rings. The number of hydrogen-bond donors (Lipinski definition) is 1. The summed E-state index contributed by atoms with van der Waals surface area (Å²) in [4.78, 5) is 18.0. The van der Waals surface area contributed by atoms with Gasteiger partial charge >= 0.3 is 0 Å². The van der Waals surface area contributed by atoms with Gasteiger partial charge in [0.25, 0.3) is 5.91 Å². The number of piperidine rings is 1. The molecular formula is C14H20N2O2. The van der Waals surface area contributed by atoms with Gasteiger partial charge in [0.2, 0.25) is 0 Å². The number of aliphatic hydroxyl groups is 1. The van der Waals surface area contributed by atoms with E-state index in [1.54, 1.807) is 24.5 Å². The highest BCUT2D eigenvalue weighted by Crippen LogP contribution is 2.34. The third kappa shape index (κ3) is 2.53. The summed E-state index contributed by atoms with van der Waals surface area (Å²) in [7, 11) is 0. The molecule has 0 aliphatic carbocycles. The lowest BCUT2D eigenvalue weighted by molar-refractivity contribution is 0.0338. The van der Waals surface area contributed by atoms with Crippen LogP contribution in [0.25, 0.3) is 0 Å². The number of aromatic nitrogens is 1. The van der Waals surface area contributed by atoms with Gasteiger partial charge in [0.05, 0.1) is 0 Å². The van der Waals surface area contributed by atoms with Crippen molar-refractivity contribution in [2.75, 3.05) is 19.7 Å². The average molecular weight is 248 g/mol. The van der Waals surface area contributed by atoms with E-state index >= 15 is 0 Å². The molecule has 98 valence electrons. The van der Waals surface area contributed by atoms with Gasteiger partial charge in [0.1, 0.15) is 0 Å². The molecule has 1 N–H and O–H groups in total. The number of hydrogen-bond acceptors (Lipinski definition) is 3. The van der Waals surface area contributed by atoms with Crippen molar-refractivity contribution in [3.63, 3.8) is 0 Å². The highest BCUT2D eigenvalue weighted by Gasteiger charge is 2.33. The molecule has 4 nitrogen and oxygen atoms in total. The lowest BCUT2D eigenvalue weighted by Crippen LogP contribution is -2.44. The number of rotatable bonds is 3. The summed E-state index contributed by atoms with van der Waals surface area (Å²) in [6.07, 6.45) is 6.02. The molecule has 0 bridgehead atoms. The molecule has 2 rings (SSSR count). The topological polar surface area (TPSA) is 53.4 Å². The molecule has 2 heterocycles. The minimum Gasteiger partial charge on any atom is -0.396 e. The third-order valence-corrected chi connectivity index (χ3v) is 4.12. The Morgan fingerprint density at radius 1 is 1.39 bits per heavy atom. The van der Waals surface area contributed by atoms with Crippen LogP contribution in [0.3, 0.4) is 0 Å². The van der Waals surface area contributed by atoms with Crippen molar-refractivity contribution in [1.29, 1.82) is 0 Å². The molecule has 0 saturated carbocycles. The molecular weight excluding hydrogens is 228 g/mol. The molecule has 0 radical (unpaired) electrons. The van der Waals surface area contributed by atoms with Crippen LogP contribution in [0.15, 0.2) is 24.5 Å². The largest absolute Gasteiger partial charge is 0.396 e. The van der Waals surface area contributed by atoms with E-state index in [1.807, 2.05) is 4.90 Å². The summed E-state index contributed by atoms with van der Waals surface area (Å²) < 4.78 is 0. The fourth-order valence-corrected chi connectivity index (χ4v) is 2.48. The number of pyridine rings is 1. The van der Waals surface area contributed by atoms with Crippen LogP contribution in [0.4, 0.5) is 0 Å². The second kappa shape index (κ2) is 5.48. The van der Waals surface area contributed by atoms with Crippen molar-refractivity contribution in [1.82, 2.24) is 9.88 Å². The Morgan fingerprint density at radius 2 is 2.00 bits per heavy atom. The molecule has 0 aromatic carbocycles. The monoisotopic (exact) mass is 248 g/mol. The van der Waals surface area contributed by atoms with Crippen LogP contribution < -0.4 is 0 Å². The predicted octanol–water partition coefficient (Wildman–Crippen LogP) is 1.71. The van der Waals surface area contributed by atoms with Crippen LogP contribution in [0, 0.1) is 5.41 Å². The van der Waals surface area contributed by atoms with Gasteiger partial charge in [0, 0.05) is 37.7 Å². The molecule has 1 amide bonds. The minimum atomic E-state index is 0.0228. The zero-order valence-corrected chi connectivity index (χ0v) is 10.8. The Balaban J connectivity index is 2.00. The molecule has 1 aliphatic heterocycles. The van der Waals surface area contributed by atoms with Gasteiger partial charge in [-0.25, -0.2) is 0 Å². The van der Waals surface area contributed by atoms with E-state index in [1.165, 1.54) is 0 Å². The Kier molecular flexibility index (Phi) is 3.97. The fraction of sp³-hybridized carbons (Fsp3) is 0.571. The third-order valence-electron chi connectivity index (χ3n) is 4.12. The van der Waals surface area contributed by atoms with Crippen molar-refractivity contribution >= 4 is 5.91 Å².